The van der Waals surface area contributed by atoms with E-state index in [1.807, 2.05) is 0 Å². The van der Waals surface area contributed by atoms with Gasteiger partial charge < -0.3 is 9.47 Å². The van der Waals surface area contributed by atoms with Crippen LogP contribution in [0.4, 0.5) is 11.4 Å². The van der Waals surface area contributed by atoms with E-state index < -0.39 is 0 Å². The van der Waals surface area contributed by atoms with Crippen LogP contribution in [0, 0.1) is 10.8 Å². The third kappa shape index (κ3) is 4.77. The molecular formula is C16H16N4O2+2. The van der Waals surface area contributed by atoms with Crippen LogP contribution >= 0.6 is 0 Å². The third-order valence-electron chi connectivity index (χ3n) is 2.98. The second kappa shape index (κ2) is 8.23. The molecule has 0 amide bonds. The van der Waals surface area contributed by atoms with Crippen LogP contribution in [0.5, 0.6) is 11.5 Å². The van der Waals surface area contributed by atoms with Crippen molar-refractivity contribution in [3.63, 3.8) is 0 Å². The van der Waals surface area contributed by atoms with Crippen LogP contribution in [0.3, 0.4) is 0 Å². The molecule has 0 saturated carbocycles. The van der Waals surface area contributed by atoms with Crippen molar-refractivity contribution in [2.24, 2.45) is 0 Å². The lowest BCUT2D eigenvalue weighted by atomic mass is 10.3. The van der Waals surface area contributed by atoms with E-state index in [2.05, 4.69) is 9.95 Å². The van der Waals surface area contributed by atoms with Crippen LogP contribution in [-0.2, 0) is 0 Å². The highest BCUT2D eigenvalue weighted by Crippen LogP contribution is 2.19. The molecule has 0 saturated heterocycles. The van der Waals surface area contributed by atoms with Gasteiger partial charge in [0, 0.05) is 24.3 Å². The summed E-state index contributed by atoms with van der Waals surface area (Å²) in [6.07, 6.45) is 1.74. The summed E-state index contributed by atoms with van der Waals surface area (Å²) >= 11 is 0. The molecule has 0 radical (unpaired) electrons. The van der Waals surface area contributed by atoms with Crippen LogP contribution in [0.15, 0.2) is 48.5 Å². The molecule has 0 aliphatic rings. The first kappa shape index (κ1) is 15.3. The molecule has 0 unspecified atom stereocenters. The van der Waals surface area contributed by atoms with Gasteiger partial charge in [0.25, 0.3) is 0 Å². The minimum Gasteiger partial charge on any atom is -0.494 e. The lowest BCUT2D eigenvalue weighted by Crippen LogP contribution is -2.02. The minimum atomic E-state index is 0.501. The van der Waals surface area contributed by atoms with E-state index in [4.69, 9.17) is 20.3 Å². The maximum atomic E-state index is 8.58. The standard InChI is InChI=1S/C16H16N4O2/c17-19-13-3-7-15(8-4-13)21-11-1-2-12-22-16-9-5-14(20-18)6-10-16/h3-10H,1-2,11-12H2/q+2. The largest absolute Gasteiger partial charge is 0.494 e. The van der Waals surface area contributed by atoms with Gasteiger partial charge in [-0.2, -0.15) is 0 Å². The average molecular weight is 296 g/mol. The smallest absolute Gasteiger partial charge is 0.385 e. The number of hydrogen-bond acceptors (Lipinski definition) is 4. The second-order valence-corrected chi connectivity index (χ2v) is 4.59. The molecule has 0 N–H and O–H groups in total. The van der Waals surface area contributed by atoms with Crippen molar-refractivity contribution in [3.05, 3.63) is 58.5 Å². The fourth-order valence-electron chi connectivity index (χ4n) is 1.80. The molecule has 2 aromatic carbocycles. The van der Waals surface area contributed by atoms with Gasteiger partial charge in [0.05, 0.1) is 13.2 Å². The normalized spacial score (nSPS) is 9.55. The van der Waals surface area contributed by atoms with Gasteiger partial charge >= 0.3 is 11.4 Å². The van der Waals surface area contributed by atoms with Gasteiger partial charge in [-0.3, -0.25) is 0 Å². The highest BCUT2D eigenvalue weighted by Gasteiger charge is 2.04. The maximum absolute atomic E-state index is 8.58. The average Bonchev–Trinajstić information content (AvgIpc) is 2.59. The van der Waals surface area contributed by atoms with E-state index in [1.165, 1.54) is 0 Å². The zero-order chi connectivity index (χ0) is 15.6. The maximum Gasteiger partial charge on any atom is 0.385 e. The summed E-state index contributed by atoms with van der Waals surface area (Å²) in [6.45, 7) is 1.20. The lowest BCUT2D eigenvalue weighted by Gasteiger charge is -2.07. The first-order chi connectivity index (χ1) is 10.8. The molecule has 0 spiro atoms. The van der Waals surface area contributed by atoms with E-state index in [0.29, 0.717) is 24.6 Å². The predicted molar refractivity (Wildman–Crippen MR) is 82.6 cm³/mol. The number of nitrogens with zero attached hydrogens (tertiary/aromatic N) is 4. The summed E-state index contributed by atoms with van der Waals surface area (Å²) in [5.41, 5.74) is 1.00. The molecular weight excluding hydrogens is 280 g/mol. The zero-order valence-electron chi connectivity index (χ0n) is 12.1. The molecule has 0 aliphatic heterocycles. The van der Waals surface area contributed by atoms with Gasteiger partial charge in [0.1, 0.15) is 11.5 Å². The molecule has 0 fully saturated rings. The lowest BCUT2D eigenvalue weighted by molar-refractivity contribution is 0.266. The third-order valence-corrected chi connectivity index (χ3v) is 2.98. The van der Waals surface area contributed by atoms with Crippen LogP contribution in [0.2, 0.25) is 0 Å². The number of hydrogen-bond donors (Lipinski definition) is 0. The summed E-state index contributed by atoms with van der Waals surface area (Å²) in [5.74, 6) is 1.49. The molecule has 6 heteroatoms. The van der Waals surface area contributed by atoms with E-state index >= 15 is 0 Å². The van der Waals surface area contributed by atoms with E-state index in [1.54, 1.807) is 48.5 Å². The SMILES string of the molecule is N#[N+]c1ccc(OCCCCOc2ccc([N+]#N)cc2)cc1. The van der Waals surface area contributed by atoms with Crippen molar-refractivity contribution >= 4 is 11.4 Å². The fraction of sp³-hybridized carbons (Fsp3) is 0.250. The Bertz CT molecular complexity index is 608. The van der Waals surface area contributed by atoms with Crippen molar-refractivity contribution in [1.29, 1.82) is 10.8 Å². The van der Waals surface area contributed by atoms with Crippen LogP contribution in [0.25, 0.3) is 9.95 Å². The Morgan fingerprint density at radius 1 is 0.636 bits per heavy atom. The Labute approximate surface area is 128 Å². The van der Waals surface area contributed by atoms with Gasteiger partial charge in [-0.05, 0) is 37.1 Å². The molecule has 22 heavy (non-hydrogen) atoms. The highest BCUT2D eigenvalue weighted by molar-refractivity contribution is 5.46. The molecule has 6 nitrogen and oxygen atoms in total. The van der Waals surface area contributed by atoms with Crippen molar-refractivity contribution in [2.75, 3.05) is 13.2 Å². The Morgan fingerprint density at radius 3 is 1.32 bits per heavy atom. The van der Waals surface area contributed by atoms with Gasteiger partial charge in [-0.25, -0.2) is 0 Å². The zero-order valence-corrected chi connectivity index (χ0v) is 12.1. The fourth-order valence-corrected chi connectivity index (χ4v) is 1.80. The molecule has 0 bridgehead atoms. The molecule has 0 aromatic heterocycles. The van der Waals surface area contributed by atoms with Gasteiger partial charge in [-0.1, -0.05) is 0 Å². The van der Waals surface area contributed by atoms with Gasteiger partial charge in [-0.15, -0.1) is 0 Å². The summed E-state index contributed by atoms with van der Waals surface area (Å²) in [7, 11) is 0. The van der Waals surface area contributed by atoms with Gasteiger partial charge in [0.15, 0.2) is 9.95 Å². The molecule has 110 valence electrons. The Balaban J connectivity index is 1.60. The van der Waals surface area contributed by atoms with E-state index in [0.717, 1.165) is 24.3 Å². The molecule has 2 rings (SSSR count). The Hall–Kier alpha value is -3.12. The molecule has 2 aromatic rings. The summed E-state index contributed by atoms with van der Waals surface area (Å²) in [5, 5.41) is 17.2. The Morgan fingerprint density at radius 2 is 1.00 bits per heavy atom. The van der Waals surface area contributed by atoms with Crippen molar-refractivity contribution < 1.29 is 9.47 Å². The number of rotatable bonds is 7. The van der Waals surface area contributed by atoms with Gasteiger partial charge in [0.2, 0.25) is 10.8 Å². The Kier molecular flexibility index (Phi) is 5.71. The van der Waals surface area contributed by atoms with Crippen LogP contribution < -0.4 is 9.47 Å². The molecule has 0 atom stereocenters. The molecule has 0 aliphatic carbocycles. The topological polar surface area (TPSA) is 74.8 Å². The predicted octanol–water partition coefficient (Wildman–Crippen LogP) is 4.89. The summed E-state index contributed by atoms with van der Waals surface area (Å²) in [6, 6.07) is 13.8. The number of ether oxygens (including phenoxy) is 2. The van der Waals surface area contributed by atoms with E-state index in [9.17, 15) is 0 Å². The van der Waals surface area contributed by atoms with E-state index in [-0.39, 0.29) is 0 Å². The minimum absolute atomic E-state index is 0.501. The van der Waals surface area contributed by atoms with Crippen LogP contribution in [0.1, 0.15) is 12.8 Å². The monoisotopic (exact) mass is 296 g/mol. The summed E-state index contributed by atoms with van der Waals surface area (Å²) < 4.78 is 11.1. The van der Waals surface area contributed by atoms with Crippen molar-refractivity contribution in [3.8, 4) is 11.5 Å². The number of diazo groups is 2. The van der Waals surface area contributed by atoms with Crippen molar-refractivity contribution in [2.45, 2.75) is 12.8 Å². The second-order valence-electron chi connectivity index (χ2n) is 4.59. The van der Waals surface area contributed by atoms with Crippen LogP contribution in [-0.4, -0.2) is 13.2 Å². The van der Waals surface area contributed by atoms with Crippen molar-refractivity contribution in [1.82, 2.24) is 0 Å². The first-order valence-electron chi connectivity index (χ1n) is 6.98. The summed E-state index contributed by atoms with van der Waals surface area (Å²) in [4.78, 5) is 6.16. The number of unbranched alkanes of at least 4 members (excludes halogenated alkanes) is 1. The number of benzene rings is 2. The highest BCUT2D eigenvalue weighted by atomic mass is 16.5. The quantitative estimate of drug-likeness (QED) is 0.538. The molecule has 0 heterocycles. The first-order valence-corrected chi connectivity index (χ1v) is 6.98.